The molecule has 1 heterocycles. The quantitative estimate of drug-likeness (QED) is 0.309. The van der Waals surface area contributed by atoms with Gasteiger partial charge in [-0.3, -0.25) is 9.67 Å². The van der Waals surface area contributed by atoms with Gasteiger partial charge in [0, 0.05) is 32.9 Å². The zero-order valence-corrected chi connectivity index (χ0v) is 15.2. The second-order valence-corrected chi connectivity index (χ2v) is 4.67. The van der Waals surface area contributed by atoms with E-state index in [1.165, 1.54) is 18.4 Å². The highest BCUT2D eigenvalue weighted by Gasteiger charge is 1.98. The Morgan fingerprint density at radius 3 is 2.70 bits per heavy atom. The molecule has 0 aliphatic heterocycles. The van der Waals surface area contributed by atoms with Crippen LogP contribution in [0, 0.1) is 0 Å². The molecule has 6 heteroatoms. The molecule has 0 unspecified atom stereocenters. The lowest BCUT2D eigenvalue weighted by Gasteiger charge is -2.10. The fraction of sp³-hybridized carbons (Fsp3) is 0.714. The number of hydrogen-bond acceptors (Lipinski definition) is 2. The summed E-state index contributed by atoms with van der Waals surface area (Å²) in [6.45, 7) is 7.02. The molecule has 5 nitrogen and oxygen atoms in total. The van der Waals surface area contributed by atoms with E-state index in [-0.39, 0.29) is 24.0 Å². The normalized spacial score (nSPS) is 11.1. The maximum absolute atomic E-state index is 4.57. The maximum atomic E-state index is 4.57. The van der Waals surface area contributed by atoms with Gasteiger partial charge in [-0.15, -0.1) is 24.0 Å². The molecule has 20 heavy (non-hydrogen) atoms. The lowest BCUT2D eigenvalue weighted by Crippen LogP contribution is -2.37. The van der Waals surface area contributed by atoms with Crippen molar-refractivity contribution in [1.82, 2.24) is 20.4 Å². The van der Waals surface area contributed by atoms with Crippen LogP contribution in [0.15, 0.2) is 17.4 Å². The van der Waals surface area contributed by atoms with Gasteiger partial charge in [-0.1, -0.05) is 13.3 Å². The largest absolute Gasteiger partial charge is 0.357 e. The van der Waals surface area contributed by atoms with Crippen LogP contribution in [0.1, 0.15) is 38.7 Å². The number of unbranched alkanes of at least 4 members (excludes halogenated alkanes) is 1. The molecule has 0 bridgehead atoms. The minimum atomic E-state index is 0. The van der Waals surface area contributed by atoms with Gasteiger partial charge in [0.15, 0.2) is 5.96 Å². The number of nitrogens with zero attached hydrogens (tertiary/aromatic N) is 3. The van der Waals surface area contributed by atoms with Gasteiger partial charge < -0.3 is 10.6 Å². The van der Waals surface area contributed by atoms with Crippen LogP contribution in [0.25, 0.3) is 0 Å². The van der Waals surface area contributed by atoms with Crippen LogP contribution in [0.2, 0.25) is 0 Å². The molecule has 0 fully saturated rings. The Bertz CT molecular complexity index is 375. The monoisotopic (exact) mass is 393 g/mol. The highest BCUT2D eigenvalue weighted by atomic mass is 127. The fourth-order valence-electron chi connectivity index (χ4n) is 1.80. The van der Waals surface area contributed by atoms with Crippen LogP contribution in [-0.4, -0.2) is 35.4 Å². The number of guanidine groups is 1. The number of aryl methyl sites for hydroxylation is 2. The van der Waals surface area contributed by atoms with E-state index in [0.29, 0.717) is 0 Å². The molecule has 1 aromatic rings. The molecule has 1 rings (SSSR count). The zero-order valence-electron chi connectivity index (χ0n) is 12.9. The molecule has 0 atom stereocenters. The van der Waals surface area contributed by atoms with Gasteiger partial charge in [0.2, 0.25) is 0 Å². The van der Waals surface area contributed by atoms with Crippen molar-refractivity contribution in [3.05, 3.63) is 18.0 Å². The van der Waals surface area contributed by atoms with E-state index in [1.54, 1.807) is 0 Å². The minimum absolute atomic E-state index is 0. The Labute approximate surface area is 139 Å². The molecule has 1 aromatic heterocycles. The molecule has 0 saturated carbocycles. The van der Waals surface area contributed by atoms with Crippen molar-refractivity contribution in [1.29, 1.82) is 0 Å². The molecule has 116 valence electrons. The zero-order chi connectivity index (χ0) is 13.9. The molecule has 0 radical (unpaired) electrons. The third-order valence-electron chi connectivity index (χ3n) is 2.82. The van der Waals surface area contributed by atoms with Crippen LogP contribution in [-0.2, 0) is 13.5 Å². The maximum Gasteiger partial charge on any atom is 0.191 e. The molecule has 0 amide bonds. The van der Waals surface area contributed by atoms with Gasteiger partial charge in [-0.05, 0) is 31.7 Å². The molecule has 2 N–H and O–H groups in total. The number of aromatic nitrogens is 2. The molecule has 0 spiro atoms. The van der Waals surface area contributed by atoms with E-state index in [9.17, 15) is 0 Å². The molecule has 0 aliphatic rings. The van der Waals surface area contributed by atoms with Crippen LogP contribution in [0.5, 0.6) is 0 Å². The highest BCUT2D eigenvalue weighted by molar-refractivity contribution is 14.0. The van der Waals surface area contributed by atoms with E-state index in [1.807, 2.05) is 17.9 Å². The van der Waals surface area contributed by atoms with Crippen molar-refractivity contribution in [2.45, 2.75) is 39.5 Å². The smallest absolute Gasteiger partial charge is 0.191 e. The Morgan fingerprint density at radius 2 is 2.10 bits per heavy atom. The summed E-state index contributed by atoms with van der Waals surface area (Å²) >= 11 is 0. The number of hydrogen-bond donors (Lipinski definition) is 2. The molecular weight excluding hydrogens is 365 g/mol. The van der Waals surface area contributed by atoms with Gasteiger partial charge >= 0.3 is 0 Å². The summed E-state index contributed by atoms with van der Waals surface area (Å²) in [5.41, 5.74) is 1.28. The average Bonchev–Trinajstić information content (AvgIpc) is 2.80. The van der Waals surface area contributed by atoms with Crippen molar-refractivity contribution in [2.24, 2.45) is 12.0 Å². The summed E-state index contributed by atoms with van der Waals surface area (Å²) in [5, 5.41) is 10.8. The Hall–Kier alpha value is -0.790. The van der Waals surface area contributed by atoms with Crippen molar-refractivity contribution in [3.8, 4) is 0 Å². The molecule has 0 saturated heterocycles. The van der Waals surface area contributed by atoms with Crippen LogP contribution in [0.3, 0.4) is 0 Å². The first kappa shape index (κ1) is 19.2. The van der Waals surface area contributed by atoms with Crippen molar-refractivity contribution >= 4 is 29.9 Å². The predicted octanol–water partition coefficient (Wildman–Crippen LogP) is 2.33. The lowest BCUT2D eigenvalue weighted by atomic mass is 10.2. The highest BCUT2D eigenvalue weighted by Crippen LogP contribution is 2.00. The summed E-state index contributed by atoms with van der Waals surface area (Å²) in [4.78, 5) is 4.57. The predicted molar refractivity (Wildman–Crippen MR) is 95.8 cm³/mol. The van der Waals surface area contributed by atoms with Gasteiger partial charge in [-0.25, -0.2) is 0 Å². The average molecular weight is 393 g/mol. The Morgan fingerprint density at radius 1 is 1.30 bits per heavy atom. The number of rotatable bonds is 8. The van der Waals surface area contributed by atoms with E-state index < -0.39 is 0 Å². The van der Waals surface area contributed by atoms with E-state index in [4.69, 9.17) is 0 Å². The summed E-state index contributed by atoms with van der Waals surface area (Å²) in [7, 11) is 1.95. The molecule has 0 aliphatic carbocycles. The van der Waals surface area contributed by atoms with Crippen molar-refractivity contribution in [3.63, 3.8) is 0 Å². The summed E-state index contributed by atoms with van der Waals surface area (Å²) in [5.74, 6) is 0.933. The third kappa shape index (κ3) is 8.39. The van der Waals surface area contributed by atoms with E-state index in [2.05, 4.69) is 40.8 Å². The van der Waals surface area contributed by atoms with Gasteiger partial charge in [-0.2, -0.15) is 5.10 Å². The van der Waals surface area contributed by atoms with Crippen LogP contribution >= 0.6 is 24.0 Å². The van der Waals surface area contributed by atoms with Crippen LogP contribution < -0.4 is 10.6 Å². The van der Waals surface area contributed by atoms with E-state index in [0.717, 1.165) is 38.4 Å². The number of nitrogens with one attached hydrogen (secondary N) is 2. The SMILES string of the molecule is CCCCNC(=NCCCc1cnn(C)c1)NCC.I. The Balaban J connectivity index is 0.00000361. The van der Waals surface area contributed by atoms with Gasteiger partial charge in [0.25, 0.3) is 0 Å². The topological polar surface area (TPSA) is 54.2 Å². The molecular formula is C14H28IN5. The standard InChI is InChI=1S/C14H27N5.HI/c1-4-6-9-16-14(15-5-2)17-10-7-8-13-11-18-19(3)12-13;/h11-12H,4-10H2,1-3H3,(H2,15,16,17);1H. The summed E-state index contributed by atoms with van der Waals surface area (Å²) in [6, 6.07) is 0. The lowest BCUT2D eigenvalue weighted by molar-refractivity contribution is 0.725. The number of halogens is 1. The second kappa shape index (κ2) is 12.0. The van der Waals surface area contributed by atoms with Gasteiger partial charge in [0.05, 0.1) is 6.20 Å². The van der Waals surface area contributed by atoms with Crippen molar-refractivity contribution in [2.75, 3.05) is 19.6 Å². The minimum Gasteiger partial charge on any atom is -0.357 e. The fourth-order valence-corrected chi connectivity index (χ4v) is 1.80. The summed E-state index contributed by atoms with van der Waals surface area (Å²) in [6.07, 6.45) is 8.46. The second-order valence-electron chi connectivity index (χ2n) is 4.67. The van der Waals surface area contributed by atoms with Gasteiger partial charge in [0.1, 0.15) is 0 Å². The molecule has 0 aromatic carbocycles. The first-order valence-electron chi connectivity index (χ1n) is 7.26. The van der Waals surface area contributed by atoms with Crippen molar-refractivity contribution < 1.29 is 0 Å². The Kier molecular flexibility index (Phi) is 11.5. The first-order valence-corrected chi connectivity index (χ1v) is 7.26. The third-order valence-corrected chi connectivity index (χ3v) is 2.82. The summed E-state index contributed by atoms with van der Waals surface area (Å²) < 4.78 is 1.84. The van der Waals surface area contributed by atoms with Crippen LogP contribution in [0.4, 0.5) is 0 Å². The first-order chi connectivity index (χ1) is 9.26. The number of aliphatic imine (C=N–C) groups is 1. The van der Waals surface area contributed by atoms with E-state index >= 15 is 0 Å².